The lowest BCUT2D eigenvalue weighted by atomic mass is 10.0. The van der Waals surface area contributed by atoms with Crippen molar-refractivity contribution in [2.45, 2.75) is 328 Å². The maximum atomic E-state index is 12.8. The first kappa shape index (κ1) is 85.2. The number of hydrogen-bond donors (Lipinski definition) is 2. The minimum atomic E-state index is -4.40. The van der Waals surface area contributed by atoms with E-state index in [9.17, 15) is 19.0 Å². The Labute approximate surface area is 548 Å². The predicted molar refractivity (Wildman–Crippen MR) is 385 cm³/mol. The van der Waals surface area contributed by atoms with Crippen LogP contribution in [0.5, 0.6) is 0 Å². The highest BCUT2D eigenvalue weighted by Crippen LogP contribution is 2.43. The Balaban J connectivity index is 3.87. The van der Waals surface area contributed by atoms with Crippen LogP contribution < -0.4 is 5.73 Å². The summed E-state index contributed by atoms with van der Waals surface area (Å²) in [7, 11) is -4.40. The number of phosphoric acid groups is 1. The van der Waals surface area contributed by atoms with E-state index in [1.165, 1.54) is 173 Å². The van der Waals surface area contributed by atoms with Gasteiger partial charge in [-0.3, -0.25) is 18.6 Å². The molecular weight excluding hydrogens is 1120 g/mol. The van der Waals surface area contributed by atoms with Crippen molar-refractivity contribution in [3.05, 3.63) is 134 Å². The van der Waals surface area contributed by atoms with E-state index in [4.69, 9.17) is 24.3 Å². The van der Waals surface area contributed by atoms with Crippen LogP contribution in [0.2, 0.25) is 0 Å². The highest BCUT2D eigenvalue weighted by atomic mass is 31.2. The molecule has 2 unspecified atom stereocenters. The zero-order chi connectivity index (χ0) is 64.4. The molecule has 0 rings (SSSR count). The van der Waals surface area contributed by atoms with Gasteiger partial charge in [0.2, 0.25) is 0 Å². The SMILES string of the molecule is CC/C=C\C/C=C\C/C=C\C/C=C\C/C=C\C/C=C\C/C=C\CCCCCCCCCCCCCC(=O)OC(COC(=O)CCCCCCCCCCCCCCCCCCCCCCCC/C=C\C/C=C\C/C=C\C/C=C\CC)COP(=O)(O)OCCN. The molecule has 0 aliphatic rings. The molecule has 0 heterocycles. The number of nitrogens with two attached hydrogens (primary N) is 1. The fourth-order valence-electron chi connectivity index (χ4n) is 10.2. The lowest BCUT2D eigenvalue weighted by Gasteiger charge is -2.19. The monoisotopic (exact) mass is 1260 g/mol. The van der Waals surface area contributed by atoms with Gasteiger partial charge in [-0.1, -0.05) is 334 Å². The lowest BCUT2D eigenvalue weighted by molar-refractivity contribution is -0.161. The molecule has 0 saturated heterocycles. The van der Waals surface area contributed by atoms with Gasteiger partial charge in [-0.2, -0.15) is 0 Å². The van der Waals surface area contributed by atoms with Crippen molar-refractivity contribution in [1.82, 2.24) is 0 Å². The number of allylic oxidation sites excluding steroid dienone is 22. The van der Waals surface area contributed by atoms with Crippen LogP contribution in [0.15, 0.2) is 134 Å². The van der Waals surface area contributed by atoms with E-state index in [1.807, 2.05) is 0 Å². The summed E-state index contributed by atoms with van der Waals surface area (Å²) in [5.41, 5.74) is 5.41. The molecule has 0 aliphatic carbocycles. The number of hydrogen-bond acceptors (Lipinski definition) is 8. The number of carbonyl (C=O) groups is 2. The van der Waals surface area contributed by atoms with E-state index >= 15 is 0 Å². The fourth-order valence-corrected chi connectivity index (χ4v) is 11.0. The third kappa shape index (κ3) is 73.1. The number of unbranched alkanes of at least 4 members (excludes halogenated alkanes) is 33. The third-order valence-electron chi connectivity index (χ3n) is 15.5. The molecule has 89 heavy (non-hydrogen) atoms. The van der Waals surface area contributed by atoms with Crippen molar-refractivity contribution < 1.29 is 37.6 Å². The van der Waals surface area contributed by atoms with Gasteiger partial charge in [0.25, 0.3) is 0 Å². The van der Waals surface area contributed by atoms with Crippen molar-refractivity contribution in [3.63, 3.8) is 0 Å². The van der Waals surface area contributed by atoms with Gasteiger partial charge >= 0.3 is 19.8 Å². The Morgan fingerprint density at radius 3 is 0.865 bits per heavy atom. The first-order valence-electron chi connectivity index (χ1n) is 36.7. The Kier molecular flexibility index (Phi) is 70.0. The quantitative estimate of drug-likeness (QED) is 0.0264. The van der Waals surface area contributed by atoms with E-state index in [1.54, 1.807) is 0 Å². The Morgan fingerprint density at radius 2 is 0.584 bits per heavy atom. The topological polar surface area (TPSA) is 134 Å². The summed E-state index contributed by atoms with van der Waals surface area (Å²) in [6.45, 7) is 3.54. The summed E-state index contributed by atoms with van der Waals surface area (Å²) in [6, 6.07) is 0. The average molecular weight is 1260 g/mol. The molecule has 10 heteroatoms. The molecule has 0 aromatic heterocycles. The highest BCUT2D eigenvalue weighted by Gasteiger charge is 2.26. The van der Waals surface area contributed by atoms with Crippen LogP contribution in [-0.2, 0) is 32.7 Å². The predicted octanol–water partition coefficient (Wildman–Crippen LogP) is 24.4. The molecule has 0 aliphatic heterocycles. The largest absolute Gasteiger partial charge is 0.472 e. The second-order valence-electron chi connectivity index (χ2n) is 24.0. The van der Waals surface area contributed by atoms with E-state index in [0.29, 0.717) is 6.42 Å². The first-order valence-corrected chi connectivity index (χ1v) is 38.2. The van der Waals surface area contributed by atoms with Crippen molar-refractivity contribution in [1.29, 1.82) is 0 Å². The van der Waals surface area contributed by atoms with Crippen LogP contribution in [0.3, 0.4) is 0 Å². The van der Waals surface area contributed by atoms with E-state index in [0.717, 1.165) is 116 Å². The minimum Gasteiger partial charge on any atom is -0.462 e. The smallest absolute Gasteiger partial charge is 0.462 e. The van der Waals surface area contributed by atoms with Gasteiger partial charge < -0.3 is 20.1 Å². The fraction of sp³-hybridized carbons (Fsp3) is 0.696. The van der Waals surface area contributed by atoms with E-state index in [2.05, 4.69) is 148 Å². The average Bonchev–Trinajstić information content (AvgIpc) is 3.58. The summed E-state index contributed by atoms with van der Waals surface area (Å²) in [4.78, 5) is 35.4. The zero-order valence-corrected chi connectivity index (χ0v) is 58.3. The summed E-state index contributed by atoms with van der Waals surface area (Å²) >= 11 is 0. The summed E-state index contributed by atoms with van der Waals surface area (Å²) in [5.74, 6) is -0.825. The molecular formula is C79H136NO8P. The minimum absolute atomic E-state index is 0.0490. The Hall–Kier alpha value is -3.85. The van der Waals surface area contributed by atoms with Crippen LogP contribution in [-0.4, -0.2) is 49.3 Å². The van der Waals surface area contributed by atoms with Gasteiger partial charge in [-0.05, 0) is 109 Å². The molecule has 9 nitrogen and oxygen atoms in total. The maximum Gasteiger partial charge on any atom is 0.472 e. The van der Waals surface area contributed by atoms with Gasteiger partial charge in [0, 0.05) is 19.4 Å². The van der Waals surface area contributed by atoms with Gasteiger partial charge in [0.1, 0.15) is 6.61 Å². The second-order valence-corrected chi connectivity index (χ2v) is 25.5. The highest BCUT2D eigenvalue weighted by molar-refractivity contribution is 7.47. The van der Waals surface area contributed by atoms with Crippen LogP contribution in [0, 0.1) is 0 Å². The standard InChI is InChI=1S/C79H136NO8P/c1-3-5-7-9-11-13-15-17-19-21-23-25-27-29-31-33-35-37-38-40-41-43-45-47-49-51-53-55-57-59-61-63-65-67-69-71-78(81)85-75-77(76-87-89(83,84)86-74-73-80)88-79(82)72-70-68-66-64-62-60-58-56-54-52-50-48-46-44-42-39-36-34-32-30-28-26-24-22-20-18-16-14-12-10-8-6-4-2/h5-8,11-14,17-20,23-26,30,32,36,39,44,46,77H,3-4,9-10,15-16,21-22,27-29,31,33-35,37-38,40-43,45,47-76,80H2,1-2H3,(H,83,84)/b7-5-,8-6-,13-11-,14-12-,19-17-,20-18-,25-23-,26-24-,32-30-,39-36-,46-44-. The lowest BCUT2D eigenvalue weighted by Crippen LogP contribution is -2.29. The van der Waals surface area contributed by atoms with Crippen LogP contribution in [0.4, 0.5) is 0 Å². The molecule has 3 N–H and O–H groups in total. The molecule has 0 spiro atoms. The Morgan fingerprint density at radius 1 is 0.337 bits per heavy atom. The van der Waals surface area contributed by atoms with E-state index < -0.39 is 26.5 Å². The molecule has 2 atom stereocenters. The molecule has 510 valence electrons. The molecule has 0 amide bonds. The summed E-state index contributed by atoms with van der Waals surface area (Å²) in [5, 5.41) is 0. The van der Waals surface area contributed by atoms with Crippen LogP contribution >= 0.6 is 7.82 Å². The number of rotatable bonds is 68. The number of carbonyl (C=O) groups excluding carboxylic acids is 2. The number of ether oxygens (including phenoxy) is 2. The normalized spacial score (nSPS) is 13.7. The first-order chi connectivity index (χ1) is 43.8. The number of phosphoric ester groups is 1. The van der Waals surface area contributed by atoms with Crippen LogP contribution in [0.25, 0.3) is 0 Å². The van der Waals surface area contributed by atoms with E-state index in [-0.39, 0.29) is 38.6 Å². The summed E-state index contributed by atoms with van der Waals surface area (Å²) < 4.78 is 33.2. The third-order valence-corrected chi connectivity index (χ3v) is 16.5. The van der Waals surface area contributed by atoms with Gasteiger partial charge in [-0.15, -0.1) is 0 Å². The Bertz CT molecular complexity index is 1920. The number of esters is 2. The molecule has 0 aromatic rings. The second kappa shape index (κ2) is 73.2. The molecule has 0 saturated carbocycles. The van der Waals surface area contributed by atoms with Crippen molar-refractivity contribution in [2.75, 3.05) is 26.4 Å². The molecule has 0 bridgehead atoms. The van der Waals surface area contributed by atoms with Crippen molar-refractivity contribution in [2.24, 2.45) is 5.73 Å². The molecule has 0 aromatic carbocycles. The zero-order valence-electron chi connectivity index (χ0n) is 57.4. The molecule has 0 fully saturated rings. The van der Waals surface area contributed by atoms with Crippen molar-refractivity contribution in [3.8, 4) is 0 Å². The van der Waals surface area contributed by atoms with Crippen LogP contribution in [0.1, 0.15) is 322 Å². The van der Waals surface area contributed by atoms with Crippen molar-refractivity contribution >= 4 is 19.8 Å². The maximum absolute atomic E-state index is 12.8. The van der Waals surface area contributed by atoms with Gasteiger partial charge in [-0.25, -0.2) is 4.57 Å². The van der Waals surface area contributed by atoms with Gasteiger partial charge in [0.15, 0.2) is 6.10 Å². The van der Waals surface area contributed by atoms with Gasteiger partial charge in [0.05, 0.1) is 13.2 Å². The molecule has 0 radical (unpaired) electrons. The summed E-state index contributed by atoms with van der Waals surface area (Å²) in [6.07, 6.45) is 104.